The Balaban J connectivity index is 1.39. The minimum Gasteiger partial charge on any atom is -0.456 e. The highest BCUT2D eigenvalue weighted by Gasteiger charge is 2.78. The molecule has 344 valence electrons. The van der Waals surface area contributed by atoms with Gasteiger partial charge in [0.25, 0.3) is 11.6 Å². The molecule has 4 N–H and O–H groups in total. The number of benzene rings is 3. The minimum atomic E-state index is -2.51. The summed E-state index contributed by atoms with van der Waals surface area (Å²) in [5.41, 5.74) is -8.27. The summed E-state index contributed by atoms with van der Waals surface area (Å²) in [5, 5.41) is 51.7. The van der Waals surface area contributed by atoms with Gasteiger partial charge in [-0.05, 0) is 54.8 Å². The number of fused-ring (bicyclic) bond motifs is 5. The number of aliphatic hydroxyl groups is 3. The summed E-state index contributed by atoms with van der Waals surface area (Å²) in [6.45, 7) is 7.56. The minimum absolute atomic E-state index is 0.0764. The monoisotopic (exact) mass is 898 g/mol. The summed E-state index contributed by atoms with van der Waals surface area (Å²) in [7, 11) is 0. The Kier molecular flexibility index (Phi) is 12.4. The third-order valence-corrected chi connectivity index (χ3v) is 13.8. The summed E-state index contributed by atoms with van der Waals surface area (Å²) in [5.74, 6) is -7.44. The van der Waals surface area contributed by atoms with Gasteiger partial charge in [0.15, 0.2) is 23.6 Å². The zero-order valence-electron chi connectivity index (χ0n) is 36.4. The number of esters is 4. The van der Waals surface area contributed by atoms with Gasteiger partial charge in [-0.2, -0.15) is 0 Å². The van der Waals surface area contributed by atoms with Crippen molar-refractivity contribution >= 4 is 41.3 Å². The molecule has 1 heterocycles. The number of nitro groups is 1. The largest absolute Gasteiger partial charge is 0.456 e. The quantitative estimate of drug-likeness (QED) is 0.0704. The number of hydrogen-bond acceptors (Lipinski definition) is 16. The van der Waals surface area contributed by atoms with E-state index < -0.39 is 118 Å². The highest BCUT2D eigenvalue weighted by Crippen LogP contribution is 2.64. The molecule has 3 aliphatic carbocycles. The van der Waals surface area contributed by atoms with Gasteiger partial charge >= 0.3 is 23.9 Å². The maximum atomic E-state index is 15.5. The van der Waals surface area contributed by atoms with Crippen molar-refractivity contribution in [2.24, 2.45) is 16.7 Å². The molecule has 1 amide bonds. The van der Waals surface area contributed by atoms with Crippen molar-refractivity contribution in [2.75, 3.05) is 6.61 Å². The second kappa shape index (κ2) is 17.2. The predicted molar refractivity (Wildman–Crippen MR) is 224 cm³/mol. The molecule has 7 rings (SSSR count). The number of Topliss-reactive ketones (excluding diaryl/α,β-unsaturated/α-hetero) is 1. The summed E-state index contributed by atoms with van der Waals surface area (Å²) >= 11 is 0. The van der Waals surface area contributed by atoms with Crippen LogP contribution >= 0.6 is 0 Å². The topological polar surface area (TPSA) is 264 Å². The second-order valence-corrected chi connectivity index (χ2v) is 17.8. The van der Waals surface area contributed by atoms with Crippen LogP contribution in [0.4, 0.5) is 5.69 Å². The van der Waals surface area contributed by atoms with Crippen molar-refractivity contribution in [1.82, 2.24) is 5.32 Å². The molecule has 0 spiro atoms. The summed E-state index contributed by atoms with van der Waals surface area (Å²) < 4.78 is 30.1. The normalized spacial score (nSPS) is 30.9. The van der Waals surface area contributed by atoms with Crippen LogP contribution in [0.5, 0.6) is 0 Å². The molecule has 2 saturated carbocycles. The van der Waals surface area contributed by atoms with Gasteiger partial charge in [0.2, 0.25) is 0 Å². The zero-order chi connectivity index (χ0) is 47.4. The lowest BCUT2D eigenvalue weighted by atomic mass is 9.44. The summed E-state index contributed by atoms with van der Waals surface area (Å²) in [4.78, 5) is 94.5. The maximum Gasteiger partial charge on any atom is 0.338 e. The molecule has 1 unspecified atom stereocenters. The van der Waals surface area contributed by atoms with Crippen molar-refractivity contribution in [3.63, 3.8) is 0 Å². The Labute approximate surface area is 373 Å². The van der Waals surface area contributed by atoms with Crippen LogP contribution in [-0.4, -0.2) is 110 Å². The molecule has 2 bridgehead atoms. The SMILES string of the molecule is CC(=O)O[C@H]1C(=O)[C@]2(C)[C@@H](O)CC3OC[C@@]3(OC(C)=O)[C@H]2[C@H](OC(=O)c2ccc([N+](=O)[O-])cc2)[C@]2(O)C[C@H](OC(=O)[C@H](O)[C@@H](NC(=O)c3ccccc3)c3ccccc3)C(C)=C1C2(C)C. The third-order valence-electron chi connectivity index (χ3n) is 13.8. The number of nitrogens with zero attached hydrogens (tertiary/aromatic N) is 1. The number of hydrogen-bond donors (Lipinski definition) is 4. The number of nitro benzene ring substituents is 1. The van der Waals surface area contributed by atoms with E-state index >= 15 is 4.79 Å². The van der Waals surface area contributed by atoms with E-state index in [0.29, 0.717) is 5.56 Å². The smallest absolute Gasteiger partial charge is 0.338 e. The number of ketones is 1. The van der Waals surface area contributed by atoms with Crippen LogP contribution in [0.1, 0.15) is 86.7 Å². The maximum absolute atomic E-state index is 15.5. The average molecular weight is 899 g/mol. The lowest BCUT2D eigenvalue weighted by Gasteiger charge is -2.67. The second-order valence-electron chi connectivity index (χ2n) is 17.8. The molecule has 1 saturated heterocycles. The Hall–Kier alpha value is -6.34. The number of aliphatic hydroxyl groups excluding tert-OH is 2. The molecule has 3 aromatic carbocycles. The Bertz CT molecular complexity index is 2440. The standard InChI is InChI=1S/C47H50N2O16/c1-24-31(63-43(57)36(53)35(27-13-9-7-10-14-27)48-41(55)28-15-11-8-12-16-28)22-47(58)40(64-42(56)29-17-19-30(20-18-29)49(59)60)38-45(6,32(52)21-33-46(38,23-61-33)65-26(3)51)39(54)37(62-25(2)50)34(24)44(47,4)5/h7-20,31-33,35-38,40,52-53,58H,21-23H2,1-6H3,(H,48,55)/t31-,32-,33?,35-,36+,37+,38-,40-,45+,46-,47+/m0/s1. The van der Waals surface area contributed by atoms with Crippen molar-refractivity contribution in [3.8, 4) is 0 Å². The average Bonchev–Trinajstić information content (AvgIpc) is 3.26. The molecule has 4 aliphatic rings. The van der Waals surface area contributed by atoms with E-state index in [0.717, 1.165) is 38.1 Å². The lowest BCUT2D eigenvalue weighted by molar-refractivity contribution is -0.384. The molecular formula is C47H50N2O16. The fraction of sp³-hybridized carbons (Fsp3) is 0.447. The number of carbonyl (C=O) groups excluding carboxylic acids is 6. The molecule has 0 radical (unpaired) electrons. The first-order valence-electron chi connectivity index (χ1n) is 21.0. The molecule has 3 fully saturated rings. The first-order chi connectivity index (χ1) is 30.6. The van der Waals surface area contributed by atoms with Gasteiger partial charge in [-0.3, -0.25) is 29.3 Å². The first kappa shape index (κ1) is 46.6. The predicted octanol–water partition coefficient (Wildman–Crippen LogP) is 3.64. The van der Waals surface area contributed by atoms with E-state index in [2.05, 4.69) is 5.32 Å². The number of amides is 1. The molecule has 18 heteroatoms. The van der Waals surface area contributed by atoms with E-state index in [1.807, 2.05) is 0 Å². The Morgan fingerprint density at radius 2 is 1.49 bits per heavy atom. The van der Waals surface area contributed by atoms with E-state index in [-0.39, 0.29) is 41.0 Å². The molecular weight excluding hydrogens is 849 g/mol. The van der Waals surface area contributed by atoms with Gasteiger partial charge in [0.05, 0.1) is 40.6 Å². The summed E-state index contributed by atoms with van der Waals surface area (Å²) in [6, 6.07) is 19.2. The van der Waals surface area contributed by atoms with E-state index in [9.17, 15) is 49.4 Å². The lowest BCUT2D eigenvalue weighted by Crippen LogP contribution is -2.82. The van der Waals surface area contributed by atoms with E-state index in [4.69, 9.17) is 23.7 Å². The van der Waals surface area contributed by atoms with Crippen molar-refractivity contribution < 1.29 is 72.7 Å². The number of non-ortho nitro benzene ring substituents is 1. The molecule has 0 aromatic heterocycles. The highest BCUT2D eigenvalue weighted by atomic mass is 16.6. The summed E-state index contributed by atoms with van der Waals surface area (Å²) in [6.07, 6.45) is -11.2. The van der Waals surface area contributed by atoms with Crippen LogP contribution in [-0.2, 0) is 42.9 Å². The van der Waals surface area contributed by atoms with E-state index in [1.54, 1.807) is 48.5 Å². The number of rotatable bonds is 11. The third kappa shape index (κ3) is 7.87. The van der Waals surface area contributed by atoms with Gasteiger partial charge in [-0.1, -0.05) is 62.4 Å². The van der Waals surface area contributed by atoms with Crippen LogP contribution in [0.2, 0.25) is 0 Å². The van der Waals surface area contributed by atoms with Gasteiger partial charge in [-0.25, -0.2) is 9.59 Å². The molecule has 65 heavy (non-hydrogen) atoms. The van der Waals surface area contributed by atoms with Crippen molar-refractivity contribution in [1.29, 1.82) is 0 Å². The Morgan fingerprint density at radius 3 is 2.05 bits per heavy atom. The first-order valence-corrected chi connectivity index (χ1v) is 21.0. The number of ether oxygens (including phenoxy) is 5. The van der Waals surface area contributed by atoms with Crippen LogP contribution in [0.15, 0.2) is 96.1 Å². The molecule has 3 aromatic rings. The van der Waals surface area contributed by atoms with Gasteiger partial charge in [0.1, 0.15) is 23.9 Å². The Morgan fingerprint density at radius 1 is 0.877 bits per heavy atom. The zero-order valence-corrected chi connectivity index (χ0v) is 36.4. The molecule has 11 atom stereocenters. The highest BCUT2D eigenvalue weighted by molar-refractivity contribution is 5.96. The van der Waals surface area contributed by atoms with E-state index in [1.165, 1.54) is 39.8 Å². The number of carbonyl (C=O) groups is 6. The van der Waals surface area contributed by atoms with Crippen LogP contribution < -0.4 is 5.32 Å². The molecule has 18 nitrogen and oxygen atoms in total. The van der Waals surface area contributed by atoms with Gasteiger partial charge in [0, 0.05) is 49.8 Å². The van der Waals surface area contributed by atoms with Crippen LogP contribution in [0.25, 0.3) is 0 Å². The fourth-order valence-electron chi connectivity index (χ4n) is 10.3. The fourth-order valence-corrected chi connectivity index (χ4v) is 10.3. The van der Waals surface area contributed by atoms with Crippen LogP contribution in [0, 0.1) is 26.9 Å². The number of nitrogens with one attached hydrogen (secondary N) is 1. The van der Waals surface area contributed by atoms with Crippen molar-refractivity contribution in [3.05, 3.63) is 123 Å². The van der Waals surface area contributed by atoms with Crippen molar-refractivity contribution in [2.45, 2.75) is 108 Å². The van der Waals surface area contributed by atoms with Gasteiger partial charge in [-0.15, -0.1) is 0 Å². The van der Waals surface area contributed by atoms with Crippen LogP contribution in [0.3, 0.4) is 0 Å². The molecule has 1 aliphatic heterocycles. The van der Waals surface area contributed by atoms with Gasteiger partial charge < -0.3 is 44.3 Å².